The van der Waals surface area contributed by atoms with Crippen LogP contribution >= 0.6 is 15.9 Å². The number of carbonyl (C=O) groups is 1. The highest BCUT2D eigenvalue weighted by atomic mass is 79.9. The third kappa shape index (κ3) is 3.54. The van der Waals surface area contributed by atoms with Crippen molar-refractivity contribution in [1.29, 1.82) is 0 Å². The van der Waals surface area contributed by atoms with Gasteiger partial charge in [-0.25, -0.2) is 9.97 Å². The van der Waals surface area contributed by atoms with Gasteiger partial charge in [0, 0.05) is 10.7 Å². The Bertz CT molecular complexity index is 632. The first-order valence-electron chi connectivity index (χ1n) is 6.00. The Kier molecular flexibility index (Phi) is 4.68. The van der Waals surface area contributed by atoms with Crippen molar-refractivity contribution in [2.45, 2.75) is 13.5 Å². The minimum absolute atomic E-state index is 0.203. The predicted octanol–water partition coefficient (Wildman–Crippen LogP) is 2.49. The molecule has 1 heterocycles. The molecule has 0 radical (unpaired) electrons. The molecule has 6 heteroatoms. The van der Waals surface area contributed by atoms with Crippen molar-refractivity contribution in [3.8, 4) is 5.75 Å². The average Bonchev–Trinajstić information content (AvgIpc) is 2.44. The molecule has 2 aromatic rings. The normalized spacial score (nSPS) is 10.2. The second kappa shape index (κ2) is 6.47. The molecule has 5 nitrogen and oxygen atoms in total. The number of rotatable bonds is 4. The van der Waals surface area contributed by atoms with Gasteiger partial charge in [0.2, 0.25) is 0 Å². The highest BCUT2D eigenvalue weighted by Crippen LogP contribution is 2.23. The van der Waals surface area contributed by atoms with Gasteiger partial charge < -0.3 is 10.1 Å². The maximum absolute atomic E-state index is 12.1. The van der Waals surface area contributed by atoms with E-state index in [0.717, 1.165) is 10.2 Å². The molecule has 0 unspecified atom stereocenters. The summed E-state index contributed by atoms with van der Waals surface area (Å²) in [4.78, 5) is 20.4. The van der Waals surface area contributed by atoms with Crippen LogP contribution in [-0.4, -0.2) is 23.0 Å². The largest absolute Gasteiger partial charge is 0.496 e. The van der Waals surface area contributed by atoms with E-state index >= 15 is 0 Å². The number of carbonyl (C=O) groups excluding carboxylic acids is 1. The Morgan fingerprint density at radius 2 is 2.20 bits per heavy atom. The van der Waals surface area contributed by atoms with Crippen LogP contribution in [0.25, 0.3) is 0 Å². The lowest BCUT2D eigenvalue weighted by Crippen LogP contribution is -2.24. The molecule has 1 N–H and O–H groups in total. The van der Waals surface area contributed by atoms with E-state index in [0.29, 0.717) is 23.7 Å². The molecular formula is C14H14BrN3O2. The van der Waals surface area contributed by atoms with Gasteiger partial charge in [0.15, 0.2) is 0 Å². The van der Waals surface area contributed by atoms with E-state index < -0.39 is 0 Å². The van der Waals surface area contributed by atoms with Crippen molar-refractivity contribution in [3.63, 3.8) is 0 Å². The molecule has 0 saturated carbocycles. The van der Waals surface area contributed by atoms with E-state index in [9.17, 15) is 4.79 Å². The topological polar surface area (TPSA) is 64.1 Å². The van der Waals surface area contributed by atoms with Crippen molar-refractivity contribution < 1.29 is 9.53 Å². The van der Waals surface area contributed by atoms with Crippen molar-refractivity contribution >= 4 is 21.8 Å². The van der Waals surface area contributed by atoms with E-state index in [1.807, 2.05) is 6.92 Å². The van der Waals surface area contributed by atoms with Crippen LogP contribution in [0.4, 0.5) is 0 Å². The first kappa shape index (κ1) is 14.5. The van der Waals surface area contributed by atoms with Crippen molar-refractivity contribution in [3.05, 3.63) is 52.0 Å². The molecule has 104 valence electrons. The SMILES string of the molecule is COc1cc(Br)ccc1C(=O)NCc1ccnc(C)n1. The zero-order valence-corrected chi connectivity index (χ0v) is 12.8. The van der Waals surface area contributed by atoms with Crippen LogP contribution in [0.15, 0.2) is 34.9 Å². The Labute approximate surface area is 125 Å². The van der Waals surface area contributed by atoms with Gasteiger partial charge in [-0.3, -0.25) is 4.79 Å². The minimum Gasteiger partial charge on any atom is -0.496 e. The lowest BCUT2D eigenvalue weighted by Gasteiger charge is -2.09. The number of halogens is 1. The van der Waals surface area contributed by atoms with Gasteiger partial charge in [-0.2, -0.15) is 0 Å². The van der Waals surface area contributed by atoms with Crippen LogP contribution in [0, 0.1) is 6.92 Å². The summed E-state index contributed by atoms with van der Waals surface area (Å²) in [5.41, 5.74) is 1.25. The van der Waals surface area contributed by atoms with Crippen molar-refractivity contribution in [1.82, 2.24) is 15.3 Å². The minimum atomic E-state index is -0.203. The third-order valence-electron chi connectivity index (χ3n) is 2.67. The fraction of sp³-hybridized carbons (Fsp3) is 0.214. The highest BCUT2D eigenvalue weighted by Gasteiger charge is 2.12. The first-order valence-corrected chi connectivity index (χ1v) is 6.79. The molecule has 0 bridgehead atoms. The molecule has 20 heavy (non-hydrogen) atoms. The predicted molar refractivity (Wildman–Crippen MR) is 78.6 cm³/mol. The zero-order chi connectivity index (χ0) is 14.5. The molecule has 1 aromatic heterocycles. The van der Waals surface area contributed by atoms with E-state index in [1.165, 1.54) is 7.11 Å². The van der Waals surface area contributed by atoms with Crippen molar-refractivity contribution in [2.24, 2.45) is 0 Å². The second-order valence-corrected chi connectivity index (χ2v) is 5.04. The lowest BCUT2D eigenvalue weighted by molar-refractivity contribution is 0.0947. The van der Waals surface area contributed by atoms with Crippen LogP contribution in [0.5, 0.6) is 5.75 Å². The summed E-state index contributed by atoms with van der Waals surface area (Å²) in [7, 11) is 1.53. The lowest BCUT2D eigenvalue weighted by atomic mass is 10.2. The summed E-state index contributed by atoms with van der Waals surface area (Å²) in [5.74, 6) is 0.999. The van der Waals surface area contributed by atoms with Crippen LogP contribution in [0.3, 0.4) is 0 Å². The molecule has 0 spiro atoms. The summed E-state index contributed by atoms with van der Waals surface area (Å²) in [5, 5.41) is 2.81. The molecular weight excluding hydrogens is 322 g/mol. The Morgan fingerprint density at radius 1 is 1.40 bits per heavy atom. The van der Waals surface area contributed by atoms with E-state index in [4.69, 9.17) is 4.74 Å². The Hall–Kier alpha value is -1.95. The van der Waals surface area contributed by atoms with Gasteiger partial charge in [-0.05, 0) is 31.2 Å². The third-order valence-corrected chi connectivity index (χ3v) is 3.17. The van der Waals surface area contributed by atoms with Gasteiger partial charge in [-0.1, -0.05) is 15.9 Å². The van der Waals surface area contributed by atoms with Crippen LogP contribution in [0.2, 0.25) is 0 Å². The smallest absolute Gasteiger partial charge is 0.255 e. The summed E-state index contributed by atoms with van der Waals surface area (Å²) in [6.07, 6.45) is 1.67. The molecule has 0 aliphatic rings. The Morgan fingerprint density at radius 3 is 2.90 bits per heavy atom. The van der Waals surface area contributed by atoms with E-state index in [2.05, 4.69) is 31.2 Å². The molecule has 0 saturated heterocycles. The number of nitrogens with zero attached hydrogens (tertiary/aromatic N) is 2. The monoisotopic (exact) mass is 335 g/mol. The summed E-state index contributed by atoms with van der Waals surface area (Å²) >= 11 is 3.34. The standard InChI is InChI=1S/C14H14BrN3O2/c1-9-16-6-5-11(18-9)8-17-14(19)12-4-3-10(15)7-13(12)20-2/h3-7H,8H2,1-2H3,(H,17,19). The number of hydrogen-bond acceptors (Lipinski definition) is 4. The van der Waals surface area contributed by atoms with E-state index in [1.54, 1.807) is 30.5 Å². The molecule has 1 amide bonds. The van der Waals surface area contributed by atoms with Crippen LogP contribution in [0.1, 0.15) is 21.9 Å². The average molecular weight is 336 g/mol. The molecule has 0 atom stereocenters. The molecule has 0 aliphatic carbocycles. The van der Waals surface area contributed by atoms with Gasteiger partial charge in [-0.15, -0.1) is 0 Å². The van der Waals surface area contributed by atoms with Gasteiger partial charge >= 0.3 is 0 Å². The maximum atomic E-state index is 12.1. The first-order chi connectivity index (χ1) is 9.60. The number of amides is 1. The number of benzene rings is 1. The number of aryl methyl sites for hydroxylation is 1. The summed E-state index contributed by atoms with van der Waals surface area (Å²) < 4.78 is 6.06. The van der Waals surface area contributed by atoms with Gasteiger partial charge in [0.25, 0.3) is 5.91 Å². The molecule has 1 aromatic carbocycles. The van der Waals surface area contributed by atoms with Gasteiger partial charge in [0.05, 0.1) is 24.9 Å². The Balaban J connectivity index is 2.09. The highest BCUT2D eigenvalue weighted by molar-refractivity contribution is 9.10. The quantitative estimate of drug-likeness (QED) is 0.932. The summed E-state index contributed by atoms with van der Waals surface area (Å²) in [6.45, 7) is 2.16. The van der Waals surface area contributed by atoms with Crippen molar-refractivity contribution in [2.75, 3.05) is 7.11 Å². The van der Waals surface area contributed by atoms with E-state index in [-0.39, 0.29) is 5.91 Å². The zero-order valence-electron chi connectivity index (χ0n) is 11.2. The fourth-order valence-corrected chi connectivity index (χ4v) is 2.06. The number of aromatic nitrogens is 2. The second-order valence-electron chi connectivity index (χ2n) is 4.12. The van der Waals surface area contributed by atoms with Crippen LogP contribution < -0.4 is 10.1 Å². The molecule has 2 rings (SSSR count). The number of ether oxygens (including phenoxy) is 1. The van der Waals surface area contributed by atoms with Crippen LogP contribution in [-0.2, 0) is 6.54 Å². The molecule has 0 fully saturated rings. The summed E-state index contributed by atoms with van der Waals surface area (Å²) in [6, 6.07) is 7.03. The molecule has 0 aliphatic heterocycles. The van der Waals surface area contributed by atoms with Gasteiger partial charge in [0.1, 0.15) is 11.6 Å². The maximum Gasteiger partial charge on any atom is 0.255 e. The number of nitrogens with one attached hydrogen (secondary N) is 1. The number of methoxy groups -OCH3 is 1. The fourth-order valence-electron chi connectivity index (χ4n) is 1.72. The number of hydrogen-bond donors (Lipinski definition) is 1.